The van der Waals surface area contributed by atoms with E-state index >= 15 is 0 Å². The van der Waals surface area contributed by atoms with Crippen LogP contribution in [0.1, 0.15) is 21.5 Å². The van der Waals surface area contributed by atoms with Crippen molar-refractivity contribution in [2.45, 2.75) is 13.0 Å². The first kappa shape index (κ1) is 14.2. The monoisotopic (exact) mass is 288 g/mol. The van der Waals surface area contributed by atoms with Gasteiger partial charge in [0.15, 0.2) is 24.7 Å². The van der Waals surface area contributed by atoms with Gasteiger partial charge in [-0.1, -0.05) is 60.7 Å². The van der Waals surface area contributed by atoms with Gasteiger partial charge in [0.05, 0.1) is 0 Å². The second-order valence-corrected chi connectivity index (χ2v) is 5.33. The number of nitrogens with zero attached hydrogens (tertiary/aromatic N) is 1. The lowest BCUT2D eigenvalue weighted by molar-refractivity contribution is -0.688. The maximum Gasteiger partial charge on any atom is 0.173 e. The molecule has 1 heterocycles. The zero-order chi connectivity index (χ0) is 15.2. The molecule has 0 saturated heterocycles. The molecule has 2 nitrogen and oxygen atoms in total. The molecule has 0 N–H and O–H groups in total. The number of hydrogen-bond acceptors (Lipinski definition) is 1. The summed E-state index contributed by atoms with van der Waals surface area (Å²) in [6, 6.07) is 23.9. The average Bonchev–Trinajstić information content (AvgIpc) is 2.57. The van der Waals surface area contributed by atoms with Gasteiger partial charge in [-0.2, -0.15) is 0 Å². The average molecular weight is 288 g/mol. The van der Waals surface area contributed by atoms with Gasteiger partial charge in [0, 0.05) is 29.7 Å². The molecule has 108 valence electrons. The van der Waals surface area contributed by atoms with Crippen LogP contribution in [0, 0.1) is 0 Å². The summed E-state index contributed by atoms with van der Waals surface area (Å²) < 4.78 is 2.08. The minimum absolute atomic E-state index is 0.151. The summed E-state index contributed by atoms with van der Waals surface area (Å²) >= 11 is 0. The largest absolute Gasteiger partial charge is 0.294 e. The molecule has 0 aliphatic carbocycles. The standard InChI is InChI=1S/C20H18NO/c22-20(15-17-7-3-1-4-8-17)19-11-13-21(14-12-19)16-18-9-5-2-6-10-18/h1-14H,15-16H2/q+1. The highest BCUT2D eigenvalue weighted by Crippen LogP contribution is 2.06. The fourth-order valence-electron chi connectivity index (χ4n) is 2.43. The molecule has 0 atom stereocenters. The molecular weight excluding hydrogens is 270 g/mol. The van der Waals surface area contributed by atoms with Crippen LogP contribution >= 0.6 is 0 Å². The molecule has 22 heavy (non-hydrogen) atoms. The number of pyridine rings is 1. The molecule has 0 radical (unpaired) electrons. The Morgan fingerprint density at radius 2 is 1.27 bits per heavy atom. The Kier molecular flexibility index (Phi) is 4.40. The molecule has 2 heteroatoms. The smallest absolute Gasteiger partial charge is 0.173 e. The van der Waals surface area contributed by atoms with Crippen molar-refractivity contribution in [1.29, 1.82) is 0 Å². The Bertz CT molecular complexity index is 734. The number of aromatic nitrogens is 1. The third-order valence-corrected chi connectivity index (χ3v) is 3.63. The molecule has 0 spiro atoms. The van der Waals surface area contributed by atoms with Crippen LogP contribution in [0.25, 0.3) is 0 Å². The van der Waals surface area contributed by atoms with Crippen LogP contribution < -0.4 is 4.57 Å². The summed E-state index contributed by atoms with van der Waals surface area (Å²) in [6.07, 6.45) is 4.37. The van der Waals surface area contributed by atoms with Gasteiger partial charge in [-0.15, -0.1) is 0 Å². The second kappa shape index (κ2) is 6.81. The molecule has 2 aromatic carbocycles. The van der Waals surface area contributed by atoms with Gasteiger partial charge in [-0.3, -0.25) is 4.79 Å². The van der Waals surface area contributed by atoms with Crippen LogP contribution in [-0.4, -0.2) is 5.78 Å². The predicted molar refractivity (Wildman–Crippen MR) is 86.7 cm³/mol. The fraction of sp³-hybridized carbons (Fsp3) is 0.100. The summed E-state index contributed by atoms with van der Waals surface area (Å²) in [5.41, 5.74) is 3.05. The van der Waals surface area contributed by atoms with Crippen LogP contribution in [-0.2, 0) is 13.0 Å². The van der Waals surface area contributed by atoms with Gasteiger partial charge < -0.3 is 0 Å². The Morgan fingerprint density at radius 3 is 1.86 bits per heavy atom. The van der Waals surface area contributed by atoms with E-state index in [1.54, 1.807) is 0 Å². The maximum atomic E-state index is 12.3. The van der Waals surface area contributed by atoms with Crippen molar-refractivity contribution < 1.29 is 9.36 Å². The molecule has 1 aromatic heterocycles. The quantitative estimate of drug-likeness (QED) is 0.520. The Labute approximate surface area is 130 Å². The first-order valence-corrected chi connectivity index (χ1v) is 7.41. The van der Waals surface area contributed by atoms with E-state index in [-0.39, 0.29) is 5.78 Å². The van der Waals surface area contributed by atoms with Gasteiger partial charge in [0.1, 0.15) is 0 Å². The molecule has 0 saturated carbocycles. The summed E-state index contributed by atoms with van der Waals surface area (Å²) in [5.74, 6) is 0.151. The lowest BCUT2D eigenvalue weighted by Crippen LogP contribution is -2.33. The molecule has 0 aliphatic heterocycles. The number of rotatable bonds is 5. The third kappa shape index (κ3) is 3.67. The molecular formula is C20H18NO+. The summed E-state index contributed by atoms with van der Waals surface area (Å²) in [7, 11) is 0. The van der Waals surface area contributed by atoms with Crippen molar-refractivity contribution in [3.8, 4) is 0 Å². The van der Waals surface area contributed by atoms with Gasteiger partial charge >= 0.3 is 0 Å². The normalized spacial score (nSPS) is 10.4. The van der Waals surface area contributed by atoms with E-state index in [9.17, 15) is 4.79 Å². The van der Waals surface area contributed by atoms with Gasteiger partial charge in [-0.05, 0) is 5.56 Å². The second-order valence-electron chi connectivity index (χ2n) is 5.33. The first-order valence-electron chi connectivity index (χ1n) is 7.41. The lowest BCUT2D eigenvalue weighted by Gasteiger charge is -2.02. The van der Waals surface area contributed by atoms with Gasteiger partial charge in [-0.25, -0.2) is 4.57 Å². The Hall–Kier alpha value is -2.74. The number of ketones is 1. The number of Topliss-reactive ketones (excluding diaryl/α,β-unsaturated/α-hetero) is 1. The lowest BCUT2D eigenvalue weighted by atomic mass is 10.0. The highest BCUT2D eigenvalue weighted by Gasteiger charge is 2.09. The maximum absolute atomic E-state index is 12.3. The fourth-order valence-corrected chi connectivity index (χ4v) is 2.43. The molecule has 3 aromatic rings. The molecule has 0 unspecified atom stereocenters. The molecule has 0 aliphatic rings. The highest BCUT2D eigenvalue weighted by atomic mass is 16.1. The van der Waals surface area contributed by atoms with E-state index in [2.05, 4.69) is 16.7 Å². The summed E-state index contributed by atoms with van der Waals surface area (Å²) in [4.78, 5) is 12.3. The summed E-state index contributed by atoms with van der Waals surface area (Å²) in [5, 5.41) is 0. The van der Waals surface area contributed by atoms with Gasteiger partial charge in [0.25, 0.3) is 0 Å². The molecule has 0 fully saturated rings. The van der Waals surface area contributed by atoms with E-state index in [1.807, 2.05) is 73.1 Å². The van der Waals surface area contributed by atoms with Crippen molar-refractivity contribution >= 4 is 5.78 Å². The van der Waals surface area contributed by atoms with Crippen molar-refractivity contribution in [3.63, 3.8) is 0 Å². The zero-order valence-corrected chi connectivity index (χ0v) is 12.4. The van der Waals surface area contributed by atoms with E-state index in [0.717, 1.165) is 17.7 Å². The molecule has 0 bridgehead atoms. The molecule has 0 amide bonds. The van der Waals surface area contributed by atoms with Crippen LogP contribution in [0.15, 0.2) is 85.2 Å². The highest BCUT2D eigenvalue weighted by molar-refractivity contribution is 5.97. The zero-order valence-electron chi connectivity index (χ0n) is 12.4. The number of hydrogen-bond donors (Lipinski definition) is 0. The van der Waals surface area contributed by atoms with Crippen LogP contribution in [0.2, 0.25) is 0 Å². The number of benzene rings is 2. The Morgan fingerprint density at radius 1 is 0.727 bits per heavy atom. The van der Waals surface area contributed by atoms with Crippen molar-refractivity contribution in [3.05, 3.63) is 102 Å². The van der Waals surface area contributed by atoms with E-state index in [1.165, 1.54) is 5.56 Å². The van der Waals surface area contributed by atoms with Crippen molar-refractivity contribution in [1.82, 2.24) is 0 Å². The topological polar surface area (TPSA) is 20.9 Å². The SMILES string of the molecule is O=C(Cc1ccccc1)c1cc[n+](Cc2ccccc2)cc1. The van der Waals surface area contributed by atoms with Crippen LogP contribution in [0.4, 0.5) is 0 Å². The number of carbonyl (C=O) groups excluding carboxylic acids is 1. The van der Waals surface area contributed by atoms with E-state index in [4.69, 9.17) is 0 Å². The van der Waals surface area contributed by atoms with Crippen LogP contribution in [0.5, 0.6) is 0 Å². The minimum atomic E-state index is 0.151. The van der Waals surface area contributed by atoms with Crippen LogP contribution in [0.3, 0.4) is 0 Å². The predicted octanol–water partition coefficient (Wildman–Crippen LogP) is 3.45. The Balaban J connectivity index is 1.67. The first-order chi connectivity index (χ1) is 10.8. The minimum Gasteiger partial charge on any atom is -0.294 e. The van der Waals surface area contributed by atoms with E-state index < -0.39 is 0 Å². The summed E-state index contributed by atoms with van der Waals surface area (Å²) in [6.45, 7) is 0.813. The van der Waals surface area contributed by atoms with Crippen molar-refractivity contribution in [2.75, 3.05) is 0 Å². The third-order valence-electron chi connectivity index (χ3n) is 3.63. The number of carbonyl (C=O) groups is 1. The van der Waals surface area contributed by atoms with E-state index in [0.29, 0.717) is 6.42 Å². The molecule has 3 rings (SSSR count). The van der Waals surface area contributed by atoms with Gasteiger partial charge in [0.2, 0.25) is 0 Å². The van der Waals surface area contributed by atoms with Crippen molar-refractivity contribution in [2.24, 2.45) is 0 Å².